The monoisotopic (exact) mass is 301 g/mol. The fourth-order valence-corrected chi connectivity index (χ4v) is 3.21. The molecule has 0 spiro atoms. The molecule has 1 aliphatic heterocycles. The Kier molecular flexibility index (Phi) is 4.27. The molecule has 1 saturated heterocycles. The lowest BCUT2D eigenvalue weighted by Crippen LogP contribution is -2.39. The molecule has 22 heavy (non-hydrogen) atoms. The average Bonchev–Trinajstić information content (AvgIpc) is 3.15. The fraction of sp³-hybridized carbons (Fsp3) is 0.562. The summed E-state index contributed by atoms with van der Waals surface area (Å²) in [5, 5.41) is 11.5. The lowest BCUT2D eigenvalue weighted by molar-refractivity contribution is -0.132. The smallest absolute Gasteiger partial charge is 0.224 e. The minimum absolute atomic E-state index is 0.219. The van der Waals surface area contributed by atoms with Gasteiger partial charge in [0, 0.05) is 49.6 Å². The third-order valence-electron chi connectivity index (χ3n) is 4.38. The zero-order valence-electron chi connectivity index (χ0n) is 13.2. The summed E-state index contributed by atoms with van der Waals surface area (Å²) in [4.78, 5) is 14.5. The minimum Gasteiger partial charge on any atom is -0.342 e. The quantitative estimate of drug-likeness (QED) is 0.939. The zero-order valence-corrected chi connectivity index (χ0v) is 13.2. The van der Waals surface area contributed by atoms with Gasteiger partial charge in [0.2, 0.25) is 5.91 Å². The van der Waals surface area contributed by atoms with Gasteiger partial charge < -0.3 is 4.90 Å². The average molecular weight is 301 g/mol. The van der Waals surface area contributed by atoms with Crippen LogP contribution in [0.15, 0.2) is 18.3 Å². The number of likely N-dealkylation sites (tertiary alicyclic amines) is 1. The Balaban J connectivity index is 1.56. The van der Waals surface area contributed by atoms with E-state index in [0.717, 1.165) is 43.0 Å². The molecule has 2 aromatic heterocycles. The van der Waals surface area contributed by atoms with Crippen LogP contribution >= 0.6 is 0 Å². The van der Waals surface area contributed by atoms with E-state index in [1.54, 1.807) is 6.20 Å². The van der Waals surface area contributed by atoms with E-state index in [9.17, 15) is 4.79 Å². The first kappa shape index (κ1) is 14.8. The van der Waals surface area contributed by atoms with Crippen molar-refractivity contribution >= 4 is 5.91 Å². The van der Waals surface area contributed by atoms with Gasteiger partial charge in [0.05, 0.1) is 5.69 Å². The summed E-state index contributed by atoms with van der Waals surface area (Å²) in [6.07, 6.45) is 4.45. The maximum absolute atomic E-state index is 12.5. The van der Waals surface area contributed by atoms with Crippen LogP contribution in [0.1, 0.15) is 42.3 Å². The molecule has 0 aliphatic carbocycles. The van der Waals surface area contributed by atoms with Gasteiger partial charge in [0.1, 0.15) is 0 Å². The van der Waals surface area contributed by atoms with Crippen molar-refractivity contribution in [1.82, 2.24) is 24.9 Å². The lowest BCUT2D eigenvalue weighted by atomic mass is 9.95. The summed E-state index contributed by atoms with van der Waals surface area (Å²) in [5.41, 5.74) is 3.25. The predicted octanol–water partition coefficient (Wildman–Crippen LogP) is 2.02. The lowest BCUT2D eigenvalue weighted by Gasteiger charge is -2.32. The Morgan fingerprint density at radius 1 is 1.45 bits per heavy atom. The van der Waals surface area contributed by atoms with Gasteiger partial charge in [-0.3, -0.25) is 14.6 Å². The summed E-state index contributed by atoms with van der Waals surface area (Å²) in [5.74, 6) is 0.602. The minimum atomic E-state index is 0.219. The first-order valence-corrected chi connectivity index (χ1v) is 7.91. The van der Waals surface area contributed by atoms with E-state index in [1.165, 1.54) is 0 Å². The normalized spacial score (nSPS) is 18.6. The Labute approximate surface area is 130 Å². The van der Waals surface area contributed by atoms with Crippen LogP contribution in [0.25, 0.3) is 0 Å². The van der Waals surface area contributed by atoms with E-state index in [-0.39, 0.29) is 5.91 Å². The number of aryl methyl sites for hydroxylation is 3. The molecule has 3 heterocycles. The molecule has 3 rings (SSSR count). The van der Waals surface area contributed by atoms with Crippen LogP contribution in [-0.2, 0) is 11.3 Å². The zero-order chi connectivity index (χ0) is 15.5. The first-order chi connectivity index (χ1) is 10.6. The van der Waals surface area contributed by atoms with Crippen molar-refractivity contribution in [2.75, 3.05) is 13.1 Å². The third kappa shape index (κ3) is 3.21. The van der Waals surface area contributed by atoms with Gasteiger partial charge in [0.15, 0.2) is 0 Å². The Morgan fingerprint density at radius 3 is 3.00 bits per heavy atom. The second kappa shape index (κ2) is 6.34. The van der Waals surface area contributed by atoms with Crippen LogP contribution < -0.4 is 0 Å². The van der Waals surface area contributed by atoms with Gasteiger partial charge in [-0.25, -0.2) is 0 Å². The molecule has 0 unspecified atom stereocenters. The molecule has 1 fully saturated rings. The molecule has 0 aromatic carbocycles. The molecule has 0 saturated carbocycles. The highest BCUT2D eigenvalue weighted by Gasteiger charge is 2.25. The van der Waals surface area contributed by atoms with Crippen LogP contribution in [0.5, 0.6) is 0 Å². The summed E-state index contributed by atoms with van der Waals surface area (Å²) in [7, 11) is 0. The highest BCUT2D eigenvalue weighted by Crippen LogP contribution is 2.25. The Morgan fingerprint density at radius 2 is 2.32 bits per heavy atom. The van der Waals surface area contributed by atoms with E-state index >= 15 is 0 Å². The van der Waals surface area contributed by atoms with E-state index in [1.807, 2.05) is 35.6 Å². The van der Waals surface area contributed by atoms with E-state index in [2.05, 4.69) is 15.3 Å². The van der Waals surface area contributed by atoms with Gasteiger partial charge in [0.25, 0.3) is 0 Å². The van der Waals surface area contributed by atoms with Crippen LogP contribution in [0, 0.1) is 13.8 Å². The van der Waals surface area contributed by atoms with Crippen LogP contribution in [0.3, 0.4) is 0 Å². The fourth-order valence-electron chi connectivity index (χ4n) is 3.21. The number of rotatable bonds is 4. The number of aromatic nitrogens is 4. The van der Waals surface area contributed by atoms with Gasteiger partial charge in [-0.15, -0.1) is 0 Å². The summed E-state index contributed by atoms with van der Waals surface area (Å²) >= 11 is 0. The van der Waals surface area contributed by atoms with Crippen molar-refractivity contribution in [1.29, 1.82) is 0 Å². The number of nitrogens with one attached hydrogen (secondary N) is 1. The van der Waals surface area contributed by atoms with Crippen molar-refractivity contribution < 1.29 is 4.79 Å². The Bertz CT molecular complexity index is 631. The third-order valence-corrected chi connectivity index (χ3v) is 4.38. The number of piperidine rings is 1. The van der Waals surface area contributed by atoms with E-state index in [4.69, 9.17) is 0 Å². The summed E-state index contributed by atoms with van der Waals surface area (Å²) in [6.45, 7) is 6.31. The number of hydrogen-bond donors (Lipinski definition) is 1. The molecule has 1 aliphatic rings. The number of H-pyrrole nitrogens is 1. The molecular formula is C16H23N5O. The molecule has 6 heteroatoms. The van der Waals surface area contributed by atoms with Gasteiger partial charge in [-0.05, 0) is 38.8 Å². The van der Waals surface area contributed by atoms with E-state index in [0.29, 0.717) is 18.9 Å². The van der Waals surface area contributed by atoms with Crippen molar-refractivity contribution in [2.45, 2.75) is 45.6 Å². The number of nitrogens with zero attached hydrogens (tertiary/aromatic N) is 4. The summed E-state index contributed by atoms with van der Waals surface area (Å²) in [6, 6.07) is 4.05. The molecule has 6 nitrogen and oxygen atoms in total. The second-order valence-corrected chi connectivity index (χ2v) is 6.09. The first-order valence-electron chi connectivity index (χ1n) is 7.91. The van der Waals surface area contributed by atoms with Gasteiger partial charge in [-0.2, -0.15) is 10.2 Å². The maximum atomic E-state index is 12.5. The molecular weight excluding hydrogens is 278 g/mol. The van der Waals surface area contributed by atoms with E-state index < -0.39 is 0 Å². The van der Waals surface area contributed by atoms with Gasteiger partial charge in [-0.1, -0.05) is 0 Å². The highest BCUT2D eigenvalue weighted by molar-refractivity contribution is 5.76. The van der Waals surface area contributed by atoms with Crippen LogP contribution in [-0.4, -0.2) is 43.9 Å². The van der Waals surface area contributed by atoms with Gasteiger partial charge >= 0.3 is 0 Å². The molecule has 0 radical (unpaired) electrons. The SMILES string of the molecule is Cc1cc(C)n(CCC(=O)N2CCC[C@H](c3ccn[nH]3)C2)n1. The standard InChI is InChI=1S/C16H23N5O/c1-12-10-13(2)21(19-12)9-6-16(22)20-8-3-4-14(11-20)15-5-7-17-18-15/h5,7,10,14H,3-4,6,8-9,11H2,1-2H3,(H,17,18)/t14-/m0/s1. The molecule has 1 atom stereocenters. The number of carbonyl (C=O) groups is 1. The highest BCUT2D eigenvalue weighted by atomic mass is 16.2. The maximum Gasteiger partial charge on any atom is 0.224 e. The number of aromatic amines is 1. The van der Waals surface area contributed by atoms with Crippen molar-refractivity contribution in [2.24, 2.45) is 0 Å². The van der Waals surface area contributed by atoms with Crippen LogP contribution in [0.2, 0.25) is 0 Å². The molecule has 118 valence electrons. The summed E-state index contributed by atoms with van der Waals surface area (Å²) < 4.78 is 1.92. The molecule has 1 N–H and O–H groups in total. The van der Waals surface area contributed by atoms with Crippen LogP contribution in [0.4, 0.5) is 0 Å². The number of hydrogen-bond acceptors (Lipinski definition) is 3. The van der Waals surface area contributed by atoms with Crippen molar-refractivity contribution in [3.05, 3.63) is 35.4 Å². The predicted molar refractivity (Wildman–Crippen MR) is 83.5 cm³/mol. The Hall–Kier alpha value is -2.11. The molecule has 0 bridgehead atoms. The van der Waals surface area contributed by atoms with Crippen molar-refractivity contribution in [3.63, 3.8) is 0 Å². The topological polar surface area (TPSA) is 66.8 Å². The molecule has 1 amide bonds. The largest absolute Gasteiger partial charge is 0.342 e. The number of amides is 1. The molecule has 2 aromatic rings. The second-order valence-electron chi connectivity index (χ2n) is 6.09. The van der Waals surface area contributed by atoms with Crippen molar-refractivity contribution in [3.8, 4) is 0 Å². The number of carbonyl (C=O) groups excluding carboxylic acids is 1.